The van der Waals surface area contributed by atoms with E-state index in [1.165, 1.54) is 0 Å². The van der Waals surface area contributed by atoms with Crippen molar-refractivity contribution in [1.29, 1.82) is 0 Å². The number of carbonyl (C=O) groups is 2. The summed E-state index contributed by atoms with van der Waals surface area (Å²) in [7, 11) is 0. The predicted molar refractivity (Wildman–Crippen MR) is 180 cm³/mol. The van der Waals surface area contributed by atoms with Crippen molar-refractivity contribution in [2.45, 2.75) is 58.5 Å². The number of nitrogens with two attached hydrogens (primary N) is 1. The Balaban J connectivity index is 1.25. The number of amides is 3. The van der Waals surface area contributed by atoms with E-state index in [1.807, 2.05) is 98.9 Å². The highest BCUT2D eigenvalue weighted by atomic mass is 32.1. The Bertz CT molecular complexity index is 1570. The molecule has 0 radical (unpaired) electrons. The van der Waals surface area contributed by atoms with E-state index in [0.29, 0.717) is 32.6 Å². The van der Waals surface area contributed by atoms with E-state index >= 15 is 0 Å². The number of aryl methyl sites for hydroxylation is 1. The zero-order valence-electron chi connectivity index (χ0n) is 26.6. The second kappa shape index (κ2) is 15.4. The van der Waals surface area contributed by atoms with Gasteiger partial charge in [0, 0.05) is 43.3 Å². The number of benzene rings is 2. The fourth-order valence-electron chi connectivity index (χ4n) is 5.89. The summed E-state index contributed by atoms with van der Waals surface area (Å²) in [5.74, 6) is 5.98. The quantitative estimate of drug-likeness (QED) is 0.139. The lowest BCUT2D eigenvalue weighted by Gasteiger charge is -2.33. The predicted octanol–water partition coefficient (Wildman–Crippen LogP) is 4.24. The second-order valence-electron chi connectivity index (χ2n) is 12.2. The third-order valence-corrected chi connectivity index (χ3v) is 9.02. The van der Waals surface area contributed by atoms with E-state index in [9.17, 15) is 14.7 Å². The van der Waals surface area contributed by atoms with Gasteiger partial charge >= 0.3 is 6.03 Å². The molecular weight excluding hydrogens is 598 g/mol. The van der Waals surface area contributed by atoms with Crippen LogP contribution in [-0.2, 0) is 24.3 Å². The Labute approximate surface area is 274 Å². The lowest BCUT2D eigenvalue weighted by molar-refractivity contribution is -0.128. The standard InChI is InChI=1S/C35H43N7O3S/c1-24(2)33(42-18-17-40(35(42)45)21-29-23-46-25(3)38-29)34(44)39-31(19-26-9-5-4-6-10-26)32(43)22-41(36)20-27-12-14-28(15-13-27)30-11-7-8-16-37-30/h4-16,23-24,31-33,43H,17-22,36H2,1-3H3,(H,39,44)/t31-,32-,33-/m0/s1. The van der Waals surface area contributed by atoms with Crippen LogP contribution in [0.3, 0.4) is 0 Å². The van der Waals surface area contributed by atoms with E-state index in [1.54, 1.807) is 32.3 Å². The number of hydrogen-bond donors (Lipinski definition) is 3. The van der Waals surface area contributed by atoms with Crippen molar-refractivity contribution in [2.75, 3.05) is 19.6 Å². The van der Waals surface area contributed by atoms with Gasteiger partial charge in [-0.15, -0.1) is 11.3 Å². The van der Waals surface area contributed by atoms with Gasteiger partial charge < -0.3 is 20.2 Å². The molecule has 0 aliphatic carbocycles. The summed E-state index contributed by atoms with van der Waals surface area (Å²) in [6.45, 7) is 7.75. The number of aromatic nitrogens is 2. The fraction of sp³-hybridized carbons (Fsp3) is 0.371. The van der Waals surface area contributed by atoms with E-state index in [0.717, 1.165) is 33.1 Å². The lowest BCUT2D eigenvalue weighted by atomic mass is 9.97. The van der Waals surface area contributed by atoms with Gasteiger partial charge in [0.15, 0.2) is 0 Å². The molecule has 5 rings (SSSR count). The molecule has 46 heavy (non-hydrogen) atoms. The largest absolute Gasteiger partial charge is 0.390 e. The van der Waals surface area contributed by atoms with Crippen LogP contribution < -0.4 is 11.2 Å². The highest BCUT2D eigenvalue weighted by molar-refractivity contribution is 7.09. The Morgan fingerprint density at radius 3 is 2.43 bits per heavy atom. The van der Waals surface area contributed by atoms with Crippen molar-refractivity contribution < 1.29 is 14.7 Å². The van der Waals surface area contributed by atoms with Crippen LogP contribution >= 0.6 is 11.3 Å². The minimum absolute atomic E-state index is 0.135. The number of carbonyl (C=O) groups excluding carboxylic acids is 2. The minimum Gasteiger partial charge on any atom is -0.390 e. The number of aliphatic hydroxyl groups is 1. The third kappa shape index (κ3) is 8.55. The smallest absolute Gasteiger partial charge is 0.321 e. The molecule has 3 amide bonds. The molecule has 1 saturated heterocycles. The summed E-state index contributed by atoms with van der Waals surface area (Å²) < 4.78 is 0. The molecule has 4 aromatic rings. The Hall–Kier alpha value is -4.16. The molecule has 2 aromatic heterocycles. The van der Waals surface area contributed by atoms with Crippen molar-refractivity contribution in [2.24, 2.45) is 11.8 Å². The molecule has 242 valence electrons. The van der Waals surface area contributed by atoms with Gasteiger partial charge in [-0.3, -0.25) is 15.6 Å². The van der Waals surface area contributed by atoms with Gasteiger partial charge in [-0.25, -0.2) is 14.8 Å². The SMILES string of the molecule is Cc1nc(CN2CCN([C@H](C(=O)N[C@@H](Cc3ccccc3)[C@@H](O)CN(N)Cc3ccc(-c4ccccn4)cc3)C(C)C)C2=O)cs1. The van der Waals surface area contributed by atoms with Crippen LogP contribution in [0.5, 0.6) is 0 Å². The lowest BCUT2D eigenvalue weighted by Crippen LogP contribution is -2.57. The highest BCUT2D eigenvalue weighted by Crippen LogP contribution is 2.22. The van der Waals surface area contributed by atoms with Crippen LogP contribution in [0.15, 0.2) is 84.4 Å². The van der Waals surface area contributed by atoms with E-state index in [-0.39, 0.29) is 24.4 Å². The van der Waals surface area contributed by atoms with Crippen molar-refractivity contribution in [1.82, 2.24) is 30.1 Å². The van der Waals surface area contributed by atoms with Crippen LogP contribution in [-0.4, -0.2) is 79.6 Å². The van der Waals surface area contributed by atoms with Gasteiger partial charge in [0.05, 0.1) is 35.1 Å². The Morgan fingerprint density at radius 2 is 1.78 bits per heavy atom. The Kier molecular flexibility index (Phi) is 11.1. The molecule has 0 unspecified atom stereocenters. The molecule has 3 atom stereocenters. The molecule has 4 N–H and O–H groups in total. The maximum absolute atomic E-state index is 13.9. The summed E-state index contributed by atoms with van der Waals surface area (Å²) in [4.78, 5) is 39.7. The number of pyridine rings is 1. The van der Waals surface area contributed by atoms with Crippen LogP contribution in [0.4, 0.5) is 4.79 Å². The van der Waals surface area contributed by atoms with E-state index < -0.39 is 18.2 Å². The van der Waals surface area contributed by atoms with Crippen molar-refractivity contribution in [3.8, 4) is 11.3 Å². The molecule has 0 spiro atoms. The van der Waals surface area contributed by atoms with Gasteiger partial charge in [-0.2, -0.15) is 0 Å². The van der Waals surface area contributed by atoms with Gasteiger partial charge in [-0.05, 0) is 42.5 Å². The monoisotopic (exact) mass is 641 g/mol. The summed E-state index contributed by atoms with van der Waals surface area (Å²) in [6, 6.07) is 22.1. The zero-order valence-corrected chi connectivity index (χ0v) is 27.4. The topological polar surface area (TPSA) is 128 Å². The normalized spacial score (nSPS) is 15.4. The second-order valence-corrected chi connectivity index (χ2v) is 13.2. The highest BCUT2D eigenvalue weighted by Gasteiger charge is 2.40. The van der Waals surface area contributed by atoms with E-state index in [2.05, 4.69) is 15.3 Å². The van der Waals surface area contributed by atoms with Crippen LogP contribution in [0.25, 0.3) is 11.3 Å². The number of hydrazine groups is 1. The summed E-state index contributed by atoms with van der Waals surface area (Å²) in [5, 5.41) is 19.1. The van der Waals surface area contributed by atoms with Crippen molar-refractivity contribution in [3.05, 3.63) is 106 Å². The van der Waals surface area contributed by atoms with Crippen LogP contribution in [0.1, 0.15) is 35.7 Å². The molecule has 2 aromatic carbocycles. The molecule has 10 nitrogen and oxygen atoms in total. The van der Waals surface area contributed by atoms with Gasteiger partial charge in [0.25, 0.3) is 0 Å². The summed E-state index contributed by atoms with van der Waals surface area (Å²) in [5.41, 5.74) is 4.72. The molecule has 0 saturated carbocycles. The summed E-state index contributed by atoms with van der Waals surface area (Å²) in [6.07, 6.45) is 1.21. The number of thiazole rings is 1. The van der Waals surface area contributed by atoms with Gasteiger partial charge in [0.1, 0.15) is 6.04 Å². The number of hydrogen-bond acceptors (Lipinski definition) is 8. The zero-order chi connectivity index (χ0) is 32.6. The summed E-state index contributed by atoms with van der Waals surface area (Å²) >= 11 is 1.55. The fourth-order valence-corrected chi connectivity index (χ4v) is 6.49. The van der Waals surface area contributed by atoms with Crippen LogP contribution in [0.2, 0.25) is 0 Å². The third-order valence-electron chi connectivity index (χ3n) is 8.19. The number of urea groups is 1. The number of aliphatic hydroxyl groups excluding tert-OH is 1. The molecule has 1 fully saturated rings. The first-order valence-corrected chi connectivity index (χ1v) is 16.5. The maximum Gasteiger partial charge on any atom is 0.321 e. The molecule has 1 aliphatic rings. The molecule has 11 heteroatoms. The first kappa shape index (κ1) is 33.2. The van der Waals surface area contributed by atoms with Crippen LogP contribution in [0, 0.1) is 12.8 Å². The van der Waals surface area contributed by atoms with E-state index in [4.69, 9.17) is 5.84 Å². The molecule has 3 heterocycles. The average molecular weight is 642 g/mol. The molecular formula is C35H43N7O3S. The van der Waals surface area contributed by atoms with Crippen molar-refractivity contribution >= 4 is 23.3 Å². The minimum atomic E-state index is -0.964. The molecule has 0 bridgehead atoms. The van der Waals surface area contributed by atoms with Crippen molar-refractivity contribution in [3.63, 3.8) is 0 Å². The van der Waals surface area contributed by atoms with Gasteiger partial charge in [0.2, 0.25) is 5.91 Å². The maximum atomic E-state index is 13.9. The van der Waals surface area contributed by atoms with Gasteiger partial charge in [-0.1, -0.05) is 74.5 Å². The first-order valence-electron chi connectivity index (χ1n) is 15.7. The first-order chi connectivity index (χ1) is 22.2. The number of nitrogens with zero attached hydrogens (tertiary/aromatic N) is 5. The molecule has 1 aliphatic heterocycles. The Morgan fingerprint density at radius 1 is 1.04 bits per heavy atom. The number of rotatable bonds is 14. The number of nitrogens with one attached hydrogen (secondary N) is 1. The average Bonchev–Trinajstić information content (AvgIpc) is 3.62.